The third-order valence-electron chi connectivity index (χ3n) is 7.35. The molecule has 2 saturated carbocycles. The van der Waals surface area contributed by atoms with Crippen molar-refractivity contribution in [1.82, 2.24) is 19.9 Å². The molecule has 1 aromatic carbocycles. The molecule has 2 aliphatic carbocycles. The van der Waals surface area contributed by atoms with E-state index in [-0.39, 0.29) is 30.0 Å². The highest BCUT2D eigenvalue weighted by molar-refractivity contribution is 7.90. The van der Waals surface area contributed by atoms with Gasteiger partial charge in [0.1, 0.15) is 38.1 Å². The van der Waals surface area contributed by atoms with Crippen LogP contribution < -0.4 is 10.6 Å². The number of sulfone groups is 1. The molecule has 41 heavy (non-hydrogen) atoms. The molecule has 216 valence electrons. The van der Waals surface area contributed by atoms with Gasteiger partial charge in [-0.1, -0.05) is 18.2 Å². The zero-order chi connectivity index (χ0) is 31.6. The molecule has 2 aliphatic rings. The Morgan fingerprint density at radius 2 is 2.00 bits per heavy atom. The zero-order valence-electron chi connectivity index (χ0n) is 25.3. The summed E-state index contributed by atoms with van der Waals surface area (Å²) in [5, 5.41) is 27.8. The van der Waals surface area contributed by atoms with Gasteiger partial charge in [0.05, 0.1) is 43.7 Å². The minimum absolute atomic E-state index is 0.120. The van der Waals surface area contributed by atoms with Gasteiger partial charge < -0.3 is 20.8 Å². The van der Waals surface area contributed by atoms with E-state index in [0.29, 0.717) is 22.2 Å². The summed E-state index contributed by atoms with van der Waals surface area (Å²) in [6, 6.07) is 4.37. The lowest BCUT2D eigenvalue weighted by molar-refractivity contribution is 0.0216. The smallest absolute Gasteiger partial charge is 0.225 e. The molecule has 13 heteroatoms. The summed E-state index contributed by atoms with van der Waals surface area (Å²) in [6.07, 6.45) is 2.39. The van der Waals surface area contributed by atoms with Crippen LogP contribution in [-0.4, -0.2) is 68.8 Å². The minimum Gasteiger partial charge on any atom is -0.390 e. The predicted molar refractivity (Wildman–Crippen MR) is 156 cm³/mol. The van der Waals surface area contributed by atoms with Crippen LogP contribution in [-0.2, 0) is 16.3 Å². The van der Waals surface area contributed by atoms with Crippen LogP contribution in [0.1, 0.15) is 46.2 Å². The first-order valence-corrected chi connectivity index (χ1v) is 16.1. The second kappa shape index (κ2) is 10.9. The number of nitrogens with one attached hydrogen (secondary N) is 2. The summed E-state index contributed by atoms with van der Waals surface area (Å²) >= 11 is 1.39. The molecule has 0 radical (unpaired) electrons. The van der Waals surface area contributed by atoms with Crippen LogP contribution in [0, 0.1) is 18.7 Å². The zero-order valence-corrected chi connectivity index (χ0v) is 23.9. The van der Waals surface area contributed by atoms with Gasteiger partial charge in [-0.25, -0.2) is 22.8 Å². The van der Waals surface area contributed by atoms with E-state index in [0.717, 1.165) is 41.1 Å². The third-order valence-corrected chi connectivity index (χ3v) is 9.42. The van der Waals surface area contributed by atoms with Crippen molar-refractivity contribution in [2.75, 3.05) is 22.6 Å². The number of aliphatic hydroxyl groups is 2. The fourth-order valence-corrected chi connectivity index (χ4v) is 7.43. The molecule has 0 bridgehead atoms. The number of halogens is 1. The van der Waals surface area contributed by atoms with E-state index >= 15 is 0 Å². The normalized spacial score (nSPS) is 24.2. The number of hydrogen-bond donors (Lipinski definition) is 4. The van der Waals surface area contributed by atoms with Crippen LogP contribution in [0.4, 0.5) is 16.2 Å². The number of anilines is 2. The van der Waals surface area contributed by atoms with Crippen LogP contribution in [0.5, 0.6) is 0 Å². The maximum absolute atomic E-state index is 14.6. The lowest BCUT2D eigenvalue weighted by Gasteiger charge is -2.21. The van der Waals surface area contributed by atoms with Crippen molar-refractivity contribution in [1.29, 1.82) is 0 Å². The Bertz CT molecular complexity index is 1840. The lowest BCUT2D eigenvalue weighted by atomic mass is 10.1. The molecule has 4 aromatic rings. The molecule has 0 amide bonds. The minimum atomic E-state index is -3.44. The Morgan fingerprint density at radius 1 is 1.20 bits per heavy atom. The molecular formula is C28H31FN6O4S2. The van der Waals surface area contributed by atoms with Crippen LogP contribution in [0.15, 0.2) is 36.5 Å². The van der Waals surface area contributed by atoms with Crippen LogP contribution in [0.3, 0.4) is 0 Å². The first-order chi connectivity index (χ1) is 20.7. The Balaban J connectivity index is 1.42. The molecule has 0 aliphatic heterocycles. The average Bonchev–Trinajstić information content (AvgIpc) is 3.62. The number of nitrogens with zero attached hydrogens (tertiary/aromatic N) is 4. The van der Waals surface area contributed by atoms with Crippen LogP contribution in [0.2, 0.25) is 0 Å². The number of aromatic nitrogens is 4. The third kappa shape index (κ3) is 5.89. The first kappa shape index (κ1) is 24.3. The second-order valence-electron chi connectivity index (χ2n) is 10.7. The van der Waals surface area contributed by atoms with Gasteiger partial charge in [0.2, 0.25) is 5.95 Å². The number of pyridine rings is 1. The van der Waals surface area contributed by atoms with Crippen molar-refractivity contribution >= 4 is 43.2 Å². The molecule has 3 aromatic heterocycles. The highest BCUT2D eigenvalue weighted by atomic mass is 32.2. The number of thiazole rings is 1. The fraction of sp³-hybridized carbons (Fsp3) is 0.429. The standard InChI is InChI=1S/C28H31FN6O4S2/c1-14-21(27-34-23-20(40-27)9-10-30-22(23)15-7-8-15)26(33-19-11-17(13-41(2,38)39)24(36)25(19)37)35-28(32-14)31-12-16-5-3-4-6-18(16)29/h3-6,9-10,15,17,19,24-25,36-37H,7-8,11-13H2,1-2H3,(H2,31,32,33,35)/t17-,19-,24-,25+/m1/s1/i5D,12D2. The summed E-state index contributed by atoms with van der Waals surface area (Å²) in [5.41, 5.74) is 2.04. The lowest BCUT2D eigenvalue weighted by Crippen LogP contribution is -2.36. The number of aryl methyl sites for hydroxylation is 1. The summed E-state index contributed by atoms with van der Waals surface area (Å²) in [6.45, 7) is -0.890. The van der Waals surface area contributed by atoms with Gasteiger partial charge in [-0.3, -0.25) is 4.98 Å². The molecule has 2 fully saturated rings. The van der Waals surface area contributed by atoms with Crippen LogP contribution >= 0.6 is 11.3 Å². The highest BCUT2D eigenvalue weighted by Gasteiger charge is 2.43. The van der Waals surface area contributed by atoms with Crippen molar-refractivity contribution in [3.8, 4) is 10.6 Å². The Hall–Kier alpha value is -3.26. The van der Waals surface area contributed by atoms with Gasteiger partial charge in [-0.15, -0.1) is 11.3 Å². The van der Waals surface area contributed by atoms with Gasteiger partial charge in [0, 0.05) is 36.3 Å². The maximum atomic E-state index is 14.6. The van der Waals surface area contributed by atoms with E-state index in [1.54, 1.807) is 13.1 Å². The molecular weight excluding hydrogens is 567 g/mol. The molecule has 4 N–H and O–H groups in total. The van der Waals surface area contributed by atoms with Crippen molar-refractivity contribution in [3.63, 3.8) is 0 Å². The highest BCUT2D eigenvalue weighted by Crippen LogP contribution is 2.44. The Kier molecular flexibility index (Phi) is 6.45. The summed E-state index contributed by atoms with van der Waals surface area (Å²) in [5.74, 6) is -1.65. The predicted octanol–water partition coefficient (Wildman–Crippen LogP) is 3.65. The van der Waals surface area contributed by atoms with Gasteiger partial charge in [0.15, 0.2) is 0 Å². The van der Waals surface area contributed by atoms with Crippen molar-refractivity contribution < 1.29 is 27.1 Å². The van der Waals surface area contributed by atoms with E-state index in [1.807, 2.05) is 6.07 Å². The quantitative estimate of drug-likeness (QED) is 0.224. The number of aliphatic hydroxyl groups excluding tert-OH is 2. The average molecular weight is 602 g/mol. The van der Waals surface area contributed by atoms with Crippen LogP contribution in [0.25, 0.3) is 20.8 Å². The van der Waals surface area contributed by atoms with Crippen molar-refractivity contribution in [2.24, 2.45) is 5.92 Å². The number of rotatable bonds is 9. The number of hydrogen-bond acceptors (Lipinski definition) is 11. The molecule has 0 spiro atoms. The van der Waals surface area contributed by atoms with Gasteiger partial charge in [-0.05, 0) is 38.3 Å². The van der Waals surface area contributed by atoms with Crippen molar-refractivity contribution in [3.05, 3.63) is 59.3 Å². The van der Waals surface area contributed by atoms with Gasteiger partial charge in [0.25, 0.3) is 0 Å². The summed E-state index contributed by atoms with van der Waals surface area (Å²) < 4.78 is 64.6. The number of fused-ring (bicyclic) bond motifs is 1. The molecule has 0 saturated heterocycles. The fourth-order valence-electron chi connectivity index (χ4n) is 5.25. The van der Waals surface area contributed by atoms with E-state index in [2.05, 4.69) is 25.6 Å². The van der Waals surface area contributed by atoms with Gasteiger partial charge in [-0.2, -0.15) is 4.98 Å². The second-order valence-corrected chi connectivity index (χ2v) is 13.9. The Labute approximate surface area is 245 Å². The molecule has 4 atom stereocenters. The molecule has 6 rings (SSSR count). The summed E-state index contributed by atoms with van der Waals surface area (Å²) in [7, 11) is -3.44. The van der Waals surface area contributed by atoms with Gasteiger partial charge >= 0.3 is 0 Å². The molecule has 3 heterocycles. The monoisotopic (exact) mass is 601 g/mol. The topological polar surface area (TPSA) is 150 Å². The largest absolute Gasteiger partial charge is 0.390 e. The SMILES string of the molecule is [2H]c1cccc(F)c1C([2H])([2H])Nc1nc(C)c(-c2nc3c(C4CC4)nccc3s2)c(N[C@@H]2C[C@H](CS(C)(=O)=O)[C@@H](O)[C@H]2O)n1. The number of benzene rings is 1. The van der Waals surface area contributed by atoms with E-state index in [9.17, 15) is 23.0 Å². The molecule has 10 nitrogen and oxygen atoms in total. The van der Waals surface area contributed by atoms with E-state index in [1.165, 1.54) is 23.5 Å². The first-order valence-electron chi connectivity index (χ1n) is 14.7. The van der Waals surface area contributed by atoms with E-state index < -0.39 is 51.9 Å². The molecule has 0 unspecified atom stereocenters. The summed E-state index contributed by atoms with van der Waals surface area (Å²) in [4.78, 5) is 18.4. The van der Waals surface area contributed by atoms with Crippen molar-refractivity contribution in [2.45, 2.75) is 56.9 Å². The van der Waals surface area contributed by atoms with E-state index in [4.69, 9.17) is 9.10 Å². The maximum Gasteiger partial charge on any atom is 0.225 e. The Morgan fingerprint density at radius 3 is 2.73 bits per heavy atom.